The Balaban J connectivity index is 2.78. The number of allylic oxidation sites excluding steroid dienone is 2. The van der Waals surface area contributed by atoms with Gasteiger partial charge in [0.05, 0.1) is 12.8 Å². The first-order valence-corrected chi connectivity index (χ1v) is 11.2. The molecule has 0 bridgehead atoms. The average Bonchev–Trinajstić information content (AvgIpc) is 2.67. The lowest BCUT2D eigenvalue weighted by Gasteiger charge is -2.29. The van der Waals surface area contributed by atoms with Crippen LogP contribution in [0.5, 0.6) is 11.5 Å². The molecule has 2 rings (SSSR count). The van der Waals surface area contributed by atoms with E-state index >= 15 is 0 Å². The van der Waals surface area contributed by atoms with Crippen molar-refractivity contribution < 1.29 is 29.0 Å². The highest BCUT2D eigenvalue weighted by molar-refractivity contribution is 5.99. The lowest BCUT2D eigenvalue weighted by molar-refractivity contribution is -0.142. The molecule has 178 valence electrons. The van der Waals surface area contributed by atoms with Gasteiger partial charge in [-0.2, -0.15) is 0 Å². The topological polar surface area (TPSA) is 89.9 Å². The van der Waals surface area contributed by atoms with Gasteiger partial charge in [0.2, 0.25) is 0 Å². The van der Waals surface area contributed by atoms with E-state index in [1.54, 1.807) is 6.07 Å². The standard InChI is InChI=1S/C27H34O6/c1-16(2)14-17(3)15-27(6,7)24-18(4)25(33-23(31)13-12-22(29)30)20-10-8-9-11-21(20)26(24)32-19(5)28/h8-11,15-16H,12-14H2,1-7H3,(H,29,30)/b17-15+. The Bertz CT molecular complexity index is 1090. The monoisotopic (exact) mass is 454 g/mol. The Morgan fingerprint density at radius 3 is 2.09 bits per heavy atom. The minimum atomic E-state index is -1.06. The Labute approximate surface area is 195 Å². The van der Waals surface area contributed by atoms with Crippen molar-refractivity contribution in [1.29, 1.82) is 0 Å². The van der Waals surface area contributed by atoms with E-state index in [0.29, 0.717) is 33.8 Å². The molecule has 2 aromatic rings. The number of ether oxygens (including phenoxy) is 2. The Morgan fingerprint density at radius 1 is 1.00 bits per heavy atom. The molecular weight excluding hydrogens is 420 g/mol. The summed E-state index contributed by atoms with van der Waals surface area (Å²) in [5.74, 6) is -0.832. The molecule has 1 N–H and O–H groups in total. The van der Waals surface area contributed by atoms with Crippen LogP contribution in [0.3, 0.4) is 0 Å². The van der Waals surface area contributed by atoms with Crippen molar-refractivity contribution in [2.75, 3.05) is 0 Å². The van der Waals surface area contributed by atoms with Gasteiger partial charge in [0.25, 0.3) is 0 Å². The van der Waals surface area contributed by atoms with Crippen molar-refractivity contribution in [3.63, 3.8) is 0 Å². The maximum atomic E-state index is 12.5. The van der Waals surface area contributed by atoms with Gasteiger partial charge in [0.1, 0.15) is 11.5 Å². The molecule has 6 nitrogen and oxygen atoms in total. The van der Waals surface area contributed by atoms with E-state index in [9.17, 15) is 14.4 Å². The Hall–Kier alpha value is -3.15. The van der Waals surface area contributed by atoms with Gasteiger partial charge >= 0.3 is 17.9 Å². The molecule has 0 atom stereocenters. The third-order valence-electron chi connectivity index (χ3n) is 5.35. The molecule has 0 saturated heterocycles. The highest BCUT2D eigenvalue weighted by Crippen LogP contribution is 2.47. The van der Waals surface area contributed by atoms with Crippen LogP contribution in [-0.4, -0.2) is 23.0 Å². The number of carbonyl (C=O) groups excluding carboxylic acids is 2. The van der Waals surface area contributed by atoms with Crippen LogP contribution in [0.4, 0.5) is 0 Å². The number of esters is 2. The van der Waals surface area contributed by atoms with Crippen molar-refractivity contribution in [1.82, 2.24) is 0 Å². The lowest BCUT2D eigenvalue weighted by atomic mass is 9.77. The predicted molar refractivity (Wildman–Crippen MR) is 129 cm³/mol. The summed E-state index contributed by atoms with van der Waals surface area (Å²) in [5.41, 5.74) is 2.09. The van der Waals surface area contributed by atoms with E-state index in [2.05, 4.69) is 26.8 Å². The van der Waals surface area contributed by atoms with Gasteiger partial charge in [-0.1, -0.05) is 63.6 Å². The number of benzene rings is 2. The van der Waals surface area contributed by atoms with E-state index in [-0.39, 0.29) is 12.8 Å². The molecule has 0 spiro atoms. The number of carbonyl (C=O) groups is 3. The molecule has 0 amide bonds. The predicted octanol–water partition coefficient (Wildman–Crippen LogP) is 6.11. The zero-order chi connectivity index (χ0) is 24.9. The molecule has 6 heteroatoms. The summed E-state index contributed by atoms with van der Waals surface area (Å²) >= 11 is 0. The summed E-state index contributed by atoms with van der Waals surface area (Å²) in [6.07, 6.45) is 2.54. The third-order valence-corrected chi connectivity index (χ3v) is 5.35. The summed E-state index contributed by atoms with van der Waals surface area (Å²) in [5, 5.41) is 10.2. The number of fused-ring (bicyclic) bond motifs is 1. The van der Waals surface area contributed by atoms with Crippen molar-refractivity contribution in [3.8, 4) is 11.5 Å². The van der Waals surface area contributed by atoms with Gasteiger partial charge in [0.15, 0.2) is 0 Å². The van der Waals surface area contributed by atoms with Gasteiger partial charge in [-0.3, -0.25) is 14.4 Å². The van der Waals surface area contributed by atoms with Crippen LogP contribution in [0.1, 0.15) is 71.9 Å². The number of aliphatic carboxylic acids is 1. The zero-order valence-corrected chi connectivity index (χ0v) is 20.6. The van der Waals surface area contributed by atoms with Gasteiger partial charge in [0, 0.05) is 34.2 Å². The van der Waals surface area contributed by atoms with E-state index in [0.717, 1.165) is 12.0 Å². The molecule has 0 heterocycles. The van der Waals surface area contributed by atoms with Gasteiger partial charge in [-0.15, -0.1) is 0 Å². The molecule has 0 aromatic heterocycles. The van der Waals surface area contributed by atoms with Crippen LogP contribution in [0.15, 0.2) is 35.9 Å². The molecule has 0 radical (unpaired) electrons. The number of hydrogen-bond acceptors (Lipinski definition) is 5. The molecule has 0 fully saturated rings. The van der Waals surface area contributed by atoms with E-state index < -0.39 is 23.3 Å². The fourth-order valence-electron chi connectivity index (χ4n) is 4.42. The average molecular weight is 455 g/mol. The Morgan fingerprint density at radius 2 is 1.58 bits per heavy atom. The minimum absolute atomic E-state index is 0.235. The highest BCUT2D eigenvalue weighted by atomic mass is 16.5. The molecule has 33 heavy (non-hydrogen) atoms. The third kappa shape index (κ3) is 6.67. The second-order valence-electron chi connectivity index (χ2n) is 9.48. The van der Waals surface area contributed by atoms with Crippen molar-refractivity contribution in [2.45, 2.75) is 73.1 Å². The van der Waals surface area contributed by atoms with E-state index in [4.69, 9.17) is 14.6 Å². The number of rotatable bonds is 9. The number of hydrogen-bond donors (Lipinski definition) is 1. The van der Waals surface area contributed by atoms with E-state index in [1.807, 2.05) is 39.0 Å². The molecular formula is C27H34O6. The minimum Gasteiger partial charge on any atom is -0.481 e. The second-order valence-corrected chi connectivity index (χ2v) is 9.48. The van der Waals surface area contributed by atoms with Crippen molar-refractivity contribution in [2.24, 2.45) is 5.92 Å². The molecule has 0 unspecified atom stereocenters. The summed E-state index contributed by atoms with van der Waals surface area (Å²) in [6.45, 7) is 13.7. The molecule has 0 saturated carbocycles. The van der Waals surface area contributed by atoms with Gasteiger partial charge < -0.3 is 14.6 Å². The largest absolute Gasteiger partial charge is 0.481 e. The van der Waals surface area contributed by atoms with Crippen molar-refractivity contribution >= 4 is 28.7 Å². The molecule has 0 aliphatic rings. The van der Waals surface area contributed by atoms with Crippen molar-refractivity contribution in [3.05, 3.63) is 47.0 Å². The van der Waals surface area contributed by atoms with Crippen LogP contribution < -0.4 is 9.47 Å². The van der Waals surface area contributed by atoms with E-state index in [1.165, 1.54) is 12.5 Å². The number of carboxylic acid groups (broad SMARTS) is 1. The molecule has 2 aromatic carbocycles. The van der Waals surface area contributed by atoms with Crippen LogP contribution >= 0.6 is 0 Å². The summed E-state index contributed by atoms with van der Waals surface area (Å²) in [4.78, 5) is 35.4. The summed E-state index contributed by atoms with van der Waals surface area (Å²) in [6, 6.07) is 7.26. The normalized spacial score (nSPS) is 12.2. The quantitative estimate of drug-likeness (QED) is 0.279. The van der Waals surface area contributed by atoms with Crippen LogP contribution in [0.2, 0.25) is 0 Å². The first kappa shape index (κ1) is 26.1. The van der Waals surface area contributed by atoms with Crippen LogP contribution in [0, 0.1) is 12.8 Å². The maximum absolute atomic E-state index is 12.5. The Kier molecular flexibility index (Phi) is 8.42. The van der Waals surface area contributed by atoms with Crippen LogP contribution in [0.25, 0.3) is 10.8 Å². The SMILES string of the molecule is CC(=O)Oc1c(C(C)(C)/C=C(\C)CC(C)C)c(C)c(OC(=O)CCC(=O)O)c2ccccc12. The highest BCUT2D eigenvalue weighted by Gasteiger charge is 2.31. The first-order valence-electron chi connectivity index (χ1n) is 11.2. The van der Waals surface area contributed by atoms with Gasteiger partial charge in [-0.25, -0.2) is 0 Å². The van der Waals surface area contributed by atoms with Crippen LogP contribution in [-0.2, 0) is 19.8 Å². The maximum Gasteiger partial charge on any atom is 0.311 e. The summed E-state index contributed by atoms with van der Waals surface area (Å²) in [7, 11) is 0. The number of carboxylic acids is 1. The summed E-state index contributed by atoms with van der Waals surface area (Å²) < 4.78 is 11.5. The first-order chi connectivity index (χ1) is 15.3. The van der Waals surface area contributed by atoms with Gasteiger partial charge in [-0.05, 0) is 26.2 Å². The second kappa shape index (κ2) is 10.6. The fraction of sp³-hybridized carbons (Fsp3) is 0.444. The molecule has 0 aliphatic heterocycles. The molecule has 0 aliphatic carbocycles. The fourth-order valence-corrected chi connectivity index (χ4v) is 4.42. The lowest BCUT2D eigenvalue weighted by Crippen LogP contribution is -2.21. The zero-order valence-electron chi connectivity index (χ0n) is 20.6. The smallest absolute Gasteiger partial charge is 0.311 e.